The molecule has 166 valence electrons. The summed E-state index contributed by atoms with van der Waals surface area (Å²) in [5, 5.41) is 3.21. The number of carbonyl (C=O) groups excluding carboxylic acids is 1. The Morgan fingerprint density at radius 2 is 1.81 bits per heavy atom. The molecule has 0 radical (unpaired) electrons. The number of hydrogen-bond donors (Lipinski definition) is 1. The molecule has 1 amide bonds. The Bertz CT molecular complexity index is 1110. The molecule has 1 N–H and O–H groups in total. The Morgan fingerprint density at radius 1 is 1.06 bits per heavy atom. The van der Waals surface area contributed by atoms with Gasteiger partial charge in [0.1, 0.15) is 0 Å². The molecular formula is C25H32N2O3S. The summed E-state index contributed by atoms with van der Waals surface area (Å²) in [6, 6.07) is 14.0. The number of hydrogen-bond acceptors (Lipinski definition) is 3. The molecule has 31 heavy (non-hydrogen) atoms. The van der Waals surface area contributed by atoms with Gasteiger partial charge in [-0.25, -0.2) is 8.42 Å². The van der Waals surface area contributed by atoms with E-state index in [4.69, 9.17) is 0 Å². The number of rotatable bonds is 4. The maximum atomic E-state index is 13.3. The Kier molecular flexibility index (Phi) is 5.41. The van der Waals surface area contributed by atoms with Crippen LogP contribution in [0.4, 0.5) is 5.69 Å². The van der Waals surface area contributed by atoms with Crippen molar-refractivity contribution in [3.63, 3.8) is 0 Å². The highest BCUT2D eigenvalue weighted by Crippen LogP contribution is 2.43. The summed E-state index contributed by atoms with van der Waals surface area (Å²) in [7, 11) is -3.73. The SMILES string of the molecule is C[C@@H]1CC(C)(C)C[C@](C)(NC(=O)c2cccc(S(=O)(=O)N3CCc4ccccc43)c2)C1. The number of nitrogens with one attached hydrogen (secondary N) is 1. The van der Waals surface area contributed by atoms with Gasteiger partial charge in [-0.05, 0) is 73.8 Å². The number of sulfonamides is 1. The molecule has 0 spiro atoms. The third-order valence-electron chi connectivity index (χ3n) is 6.51. The van der Waals surface area contributed by atoms with E-state index in [1.165, 1.54) is 10.4 Å². The second-order valence-electron chi connectivity index (χ2n) is 10.4. The largest absolute Gasteiger partial charge is 0.347 e. The third-order valence-corrected chi connectivity index (χ3v) is 8.32. The van der Waals surface area contributed by atoms with Crippen LogP contribution in [-0.2, 0) is 16.4 Å². The van der Waals surface area contributed by atoms with E-state index in [2.05, 4.69) is 33.0 Å². The van der Waals surface area contributed by atoms with E-state index >= 15 is 0 Å². The van der Waals surface area contributed by atoms with Gasteiger partial charge in [-0.15, -0.1) is 0 Å². The van der Waals surface area contributed by atoms with Gasteiger partial charge in [-0.3, -0.25) is 9.10 Å². The number of carbonyl (C=O) groups is 1. The molecule has 1 saturated carbocycles. The van der Waals surface area contributed by atoms with Crippen LogP contribution in [-0.4, -0.2) is 26.4 Å². The average molecular weight is 441 g/mol. The number of amides is 1. The molecule has 2 aromatic rings. The van der Waals surface area contributed by atoms with E-state index in [-0.39, 0.29) is 21.8 Å². The molecule has 0 unspecified atom stereocenters. The van der Waals surface area contributed by atoms with Gasteiger partial charge in [0.05, 0.1) is 10.6 Å². The van der Waals surface area contributed by atoms with Gasteiger partial charge in [0.15, 0.2) is 0 Å². The summed E-state index contributed by atoms with van der Waals surface area (Å²) in [5.74, 6) is 0.308. The van der Waals surface area contributed by atoms with Crippen LogP contribution in [0.5, 0.6) is 0 Å². The third kappa shape index (κ3) is 4.36. The van der Waals surface area contributed by atoms with Crippen molar-refractivity contribution in [2.75, 3.05) is 10.8 Å². The zero-order chi connectivity index (χ0) is 22.4. The minimum absolute atomic E-state index is 0.152. The van der Waals surface area contributed by atoms with Crippen LogP contribution in [0, 0.1) is 11.3 Å². The van der Waals surface area contributed by atoms with Crippen molar-refractivity contribution < 1.29 is 13.2 Å². The standard InChI is InChI=1S/C25H32N2O3S/c1-18-15-24(2,3)17-25(4,16-18)26-23(28)20-9-7-10-21(14-20)31(29,30)27-13-12-19-8-5-6-11-22(19)27/h5-11,14,18H,12-13,15-17H2,1-4H3,(H,26,28)/t18-,25-/m1/s1. The summed E-state index contributed by atoms with van der Waals surface area (Å²) < 4.78 is 28.1. The second-order valence-corrected chi connectivity index (χ2v) is 12.2. The first kappa shape index (κ1) is 21.9. The molecule has 2 aromatic carbocycles. The van der Waals surface area contributed by atoms with Gasteiger partial charge in [-0.1, -0.05) is 45.0 Å². The Balaban J connectivity index is 1.58. The van der Waals surface area contributed by atoms with Gasteiger partial charge in [0.2, 0.25) is 0 Å². The lowest BCUT2D eigenvalue weighted by Crippen LogP contribution is -2.52. The summed E-state index contributed by atoms with van der Waals surface area (Å²) in [6.07, 6.45) is 3.66. The number of nitrogens with zero attached hydrogens (tertiary/aromatic N) is 1. The van der Waals surface area contributed by atoms with Crippen molar-refractivity contribution in [3.8, 4) is 0 Å². The molecule has 1 aliphatic heterocycles. The van der Waals surface area contributed by atoms with Gasteiger partial charge in [-0.2, -0.15) is 0 Å². The Labute approximate surface area is 185 Å². The predicted molar refractivity (Wildman–Crippen MR) is 124 cm³/mol. The molecule has 2 atom stereocenters. The van der Waals surface area contributed by atoms with E-state index in [1.807, 2.05) is 24.3 Å². The molecule has 1 heterocycles. The smallest absolute Gasteiger partial charge is 0.264 e. The first-order chi connectivity index (χ1) is 14.5. The number of fused-ring (bicyclic) bond motifs is 1. The van der Waals surface area contributed by atoms with Crippen LogP contribution in [0.25, 0.3) is 0 Å². The zero-order valence-corrected chi connectivity index (χ0v) is 19.6. The summed E-state index contributed by atoms with van der Waals surface area (Å²) in [4.78, 5) is 13.3. The van der Waals surface area contributed by atoms with Crippen LogP contribution >= 0.6 is 0 Å². The Hall–Kier alpha value is -2.34. The lowest BCUT2D eigenvalue weighted by Gasteiger charge is -2.46. The van der Waals surface area contributed by atoms with Crippen molar-refractivity contribution in [1.29, 1.82) is 0 Å². The average Bonchev–Trinajstić information content (AvgIpc) is 3.10. The van der Waals surface area contributed by atoms with E-state index in [0.717, 1.165) is 30.5 Å². The highest BCUT2D eigenvalue weighted by molar-refractivity contribution is 7.92. The minimum atomic E-state index is -3.73. The van der Waals surface area contributed by atoms with Crippen molar-refractivity contribution in [1.82, 2.24) is 5.32 Å². The predicted octanol–water partition coefficient (Wildman–Crippen LogP) is 4.77. The number of para-hydroxylation sites is 1. The molecule has 0 bridgehead atoms. The van der Waals surface area contributed by atoms with Gasteiger partial charge in [0.25, 0.3) is 15.9 Å². The molecule has 6 heteroatoms. The van der Waals surface area contributed by atoms with E-state index < -0.39 is 10.0 Å². The van der Waals surface area contributed by atoms with Crippen molar-refractivity contribution >= 4 is 21.6 Å². The van der Waals surface area contributed by atoms with Crippen LogP contribution < -0.4 is 9.62 Å². The Morgan fingerprint density at radius 3 is 2.55 bits per heavy atom. The van der Waals surface area contributed by atoms with Gasteiger partial charge >= 0.3 is 0 Å². The van der Waals surface area contributed by atoms with Gasteiger partial charge < -0.3 is 5.32 Å². The summed E-state index contributed by atoms with van der Waals surface area (Å²) in [5.41, 5.74) is 1.99. The maximum Gasteiger partial charge on any atom is 0.264 e. The normalized spacial score (nSPS) is 25.2. The molecular weight excluding hydrogens is 408 g/mol. The fraction of sp³-hybridized carbons (Fsp3) is 0.480. The van der Waals surface area contributed by atoms with E-state index in [9.17, 15) is 13.2 Å². The fourth-order valence-corrected chi connectivity index (χ4v) is 7.46. The summed E-state index contributed by atoms with van der Waals surface area (Å²) >= 11 is 0. The minimum Gasteiger partial charge on any atom is -0.347 e. The molecule has 5 nitrogen and oxygen atoms in total. The quantitative estimate of drug-likeness (QED) is 0.744. The summed E-state index contributed by atoms with van der Waals surface area (Å²) in [6.45, 7) is 9.24. The lowest BCUT2D eigenvalue weighted by molar-refractivity contribution is 0.0698. The first-order valence-electron chi connectivity index (χ1n) is 11.0. The van der Waals surface area contributed by atoms with Crippen molar-refractivity contribution in [2.45, 2.75) is 63.8 Å². The first-order valence-corrected chi connectivity index (χ1v) is 12.5. The molecule has 0 saturated heterocycles. The lowest BCUT2D eigenvalue weighted by atomic mass is 9.65. The van der Waals surface area contributed by atoms with Crippen LogP contribution in [0.2, 0.25) is 0 Å². The van der Waals surface area contributed by atoms with Crippen molar-refractivity contribution in [3.05, 3.63) is 59.7 Å². The fourth-order valence-electron chi connectivity index (χ4n) is 5.91. The topological polar surface area (TPSA) is 66.5 Å². The van der Waals surface area contributed by atoms with E-state index in [1.54, 1.807) is 18.2 Å². The second kappa shape index (κ2) is 7.66. The van der Waals surface area contributed by atoms with Crippen LogP contribution in [0.3, 0.4) is 0 Å². The maximum absolute atomic E-state index is 13.3. The van der Waals surface area contributed by atoms with Crippen LogP contribution in [0.1, 0.15) is 62.9 Å². The van der Waals surface area contributed by atoms with Gasteiger partial charge in [0, 0.05) is 17.6 Å². The molecule has 1 aliphatic carbocycles. The number of anilines is 1. The molecule has 2 aliphatic rings. The van der Waals surface area contributed by atoms with Crippen LogP contribution in [0.15, 0.2) is 53.4 Å². The van der Waals surface area contributed by atoms with E-state index in [0.29, 0.717) is 24.4 Å². The molecule has 0 aromatic heterocycles. The highest BCUT2D eigenvalue weighted by Gasteiger charge is 2.41. The molecule has 4 rings (SSSR count). The zero-order valence-electron chi connectivity index (χ0n) is 18.8. The number of benzene rings is 2. The monoisotopic (exact) mass is 440 g/mol. The molecule has 1 fully saturated rings. The van der Waals surface area contributed by atoms with Crippen molar-refractivity contribution in [2.24, 2.45) is 11.3 Å². The highest BCUT2D eigenvalue weighted by atomic mass is 32.2.